The van der Waals surface area contributed by atoms with Crippen molar-refractivity contribution >= 4 is 15.9 Å². The maximum Gasteiger partial charge on any atom is 0.251 e. The number of nitrogens with zero attached hydrogens (tertiary/aromatic N) is 1. The first-order valence-corrected chi connectivity index (χ1v) is 12.0. The third kappa shape index (κ3) is 6.32. The maximum absolute atomic E-state index is 13.2. The number of amides is 1. The molecule has 2 aromatic rings. The van der Waals surface area contributed by atoms with Gasteiger partial charge in [0.1, 0.15) is 23.0 Å². The number of rotatable bonds is 10. The lowest BCUT2D eigenvalue weighted by Gasteiger charge is -2.21. The lowest BCUT2D eigenvalue weighted by molar-refractivity contribution is 0.0917. The molecule has 1 aromatic heterocycles. The molecule has 1 amide bonds. The van der Waals surface area contributed by atoms with Gasteiger partial charge in [-0.05, 0) is 49.6 Å². The molecule has 1 aromatic carbocycles. The van der Waals surface area contributed by atoms with Crippen LogP contribution in [0.15, 0.2) is 45.9 Å². The van der Waals surface area contributed by atoms with Crippen molar-refractivity contribution in [3.63, 3.8) is 0 Å². The molecule has 0 radical (unpaired) electrons. The summed E-state index contributed by atoms with van der Waals surface area (Å²) in [6, 6.07) is 8.15. The van der Waals surface area contributed by atoms with Crippen molar-refractivity contribution in [2.75, 3.05) is 33.4 Å². The minimum atomic E-state index is -3.74. The van der Waals surface area contributed by atoms with Crippen molar-refractivity contribution in [1.82, 2.24) is 9.62 Å². The van der Waals surface area contributed by atoms with Crippen LogP contribution in [0.5, 0.6) is 5.75 Å². The highest BCUT2D eigenvalue weighted by molar-refractivity contribution is 7.89. The normalized spacial score (nSPS) is 15.4. The van der Waals surface area contributed by atoms with Crippen LogP contribution in [0.1, 0.15) is 48.2 Å². The maximum atomic E-state index is 13.2. The number of nitrogens with one attached hydrogen (secondary N) is 1. The van der Waals surface area contributed by atoms with E-state index < -0.39 is 10.0 Å². The van der Waals surface area contributed by atoms with Gasteiger partial charge in [0.25, 0.3) is 5.91 Å². The lowest BCUT2D eigenvalue weighted by atomic mass is 10.2. The first kappa shape index (κ1) is 23.3. The van der Waals surface area contributed by atoms with Crippen LogP contribution < -0.4 is 10.1 Å². The summed E-state index contributed by atoms with van der Waals surface area (Å²) in [6.45, 7) is 2.24. The molecule has 1 N–H and O–H groups in total. The van der Waals surface area contributed by atoms with Gasteiger partial charge in [0, 0.05) is 31.8 Å². The van der Waals surface area contributed by atoms with Crippen LogP contribution in [0.3, 0.4) is 0 Å². The Morgan fingerprint density at radius 2 is 1.94 bits per heavy atom. The molecular formula is C22H30N2O6S. The number of carbonyl (C=O) groups is 1. The summed E-state index contributed by atoms with van der Waals surface area (Å²) in [4.78, 5) is 12.6. The van der Waals surface area contributed by atoms with Gasteiger partial charge < -0.3 is 19.2 Å². The van der Waals surface area contributed by atoms with Crippen molar-refractivity contribution in [2.24, 2.45) is 0 Å². The molecule has 2 heterocycles. The Balaban J connectivity index is 1.59. The smallest absolute Gasteiger partial charge is 0.251 e. The predicted molar refractivity (Wildman–Crippen MR) is 116 cm³/mol. The van der Waals surface area contributed by atoms with Gasteiger partial charge in [-0.1, -0.05) is 12.8 Å². The van der Waals surface area contributed by atoms with Crippen LogP contribution in [-0.4, -0.2) is 52.0 Å². The van der Waals surface area contributed by atoms with Crippen LogP contribution in [0.2, 0.25) is 0 Å². The number of methoxy groups -OCH3 is 1. The fraction of sp³-hybridized carbons (Fsp3) is 0.500. The fourth-order valence-electron chi connectivity index (χ4n) is 3.49. The Bertz CT molecular complexity index is 935. The minimum Gasteiger partial charge on any atom is -0.495 e. The van der Waals surface area contributed by atoms with E-state index in [9.17, 15) is 13.2 Å². The zero-order valence-electron chi connectivity index (χ0n) is 17.8. The highest BCUT2D eigenvalue weighted by Crippen LogP contribution is 2.29. The quantitative estimate of drug-likeness (QED) is 0.558. The highest BCUT2D eigenvalue weighted by Gasteiger charge is 2.29. The van der Waals surface area contributed by atoms with Gasteiger partial charge in [-0.3, -0.25) is 4.79 Å². The topological polar surface area (TPSA) is 98.1 Å². The molecule has 170 valence electrons. The van der Waals surface area contributed by atoms with E-state index in [-0.39, 0.29) is 22.1 Å². The van der Waals surface area contributed by atoms with Crippen molar-refractivity contribution in [3.05, 3.63) is 47.9 Å². The van der Waals surface area contributed by atoms with Crippen LogP contribution in [0.4, 0.5) is 0 Å². The Labute approximate surface area is 183 Å². The monoisotopic (exact) mass is 450 g/mol. The highest BCUT2D eigenvalue weighted by atomic mass is 32.2. The number of sulfonamides is 1. The summed E-state index contributed by atoms with van der Waals surface area (Å²) < 4.78 is 43.9. The van der Waals surface area contributed by atoms with E-state index in [4.69, 9.17) is 13.9 Å². The molecule has 1 fully saturated rings. The minimum absolute atomic E-state index is 0.0336. The van der Waals surface area contributed by atoms with Gasteiger partial charge >= 0.3 is 0 Å². The number of ether oxygens (including phenoxy) is 2. The van der Waals surface area contributed by atoms with E-state index in [1.807, 2.05) is 6.07 Å². The average molecular weight is 451 g/mol. The second-order valence-corrected chi connectivity index (χ2v) is 9.33. The molecule has 1 saturated heterocycles. The van der Waals surface area contributed by atoms with E-state index in [0.29, 0.717) is 39.3 Å². The molecule has 0 saturated carbocycles. The molecule has 31 heavy (non-hydrogen) atoms. The number of hydrogen-bond acceptors (Lipinski definition) is 6. The molecular weight excluding hydrogens is 420 g/mol. The third-order valence-electron chi connectivity index (χ3n) is 5.18. The number of hydrogen-bond donors (Lipinski definition) is 1. The molecule has 0 atom stereocenters. The van der Waals surface area contributed by atoms with E-state index in [1.165, 1.54) is 23.5 Å². The zero-order valence-corrected chi connectivity index (χ0v) is 18.7. The molecule has 1 aliphatic heterocycles. The van der Waals surface area contributed by atoms with Crippen molar-refractivity contribution in [2.45, 2.75) is 43.6 Å². The number of benzene rings is 1. The Hall–Kier alpha value is -2.36. The van der Waals surface area contributed by atoms with Crippen LogP contribution in [-0.2, 0) is 21.4 Å². The molecule has 8 nitrogen and oxygen atoms in total. The Morgan fingerprint density at radius 3 is 2.61 bits per heavy atom. The summed E-state index contributed by atoms with van der Waals surface area (Å²) >= 11 is 0. The molecule has 0 bridgehead atoms. The van der Waals surface area contributed by atoms with Gasteiger partial charge in [-0.15, -0.1) is 0 Å². The van der Waals surface area contributed by atoms with Gasteiger partial charge in [0.15, 0.2) is 0 Å². The van der Waals surface area contributed by atoms with E-state index in [2.05, 4.69) is 5.32 Å². The summed E-state index contributed by atoms with van der Waals surface area (Å²) in [5, 5.41) is 2.81. The molecule has 9 heteroatoms. The van der Waals surface area contributed by atoms with E-state index >= 15 is 0 Å². The second-order valence-electron chi connectivity index (χ2n) is 7.43. The largest absolute Gasteiger partial charge is 0.495 e. The lowest BCUT2D eigenvalue weighted by Crippen LogP contribution is -2.32. The molecule has 0 unspecified atom stereocenters. The standard InChI is InChI=1S/C22H30N2O6S/c1-28-20-10-9-18(16-21(20)31(26,27)24-12-4-2-3-5-13-24)22(25)23-11-7-14-29-17-19-8-6-15-30-19/h6,8-10,15-16H,2-5,7,11-14,17H2,1H3,(H,23,25). The third-order valence-corrected chi connectivity index (χ3v) is 7.10. The first-order chi connectivity index (χ1) is 15.0. The first-order valence-electron chi connectivity index (χ1n) is 10.6. The molecule has 1 aliphatic rings. The molecule has 0 spiro atoms. The van der Waals surface area contributed by atoms with Crippen LogP contribution >= 0.6 is 0 Å². The summed E-state index contributed by atoms with van der Waals surface area (Å²) in [6.07, 6.45) is 5.94. The van der Waals surface area contributed by atoms with Gasteiger partial charge in [0.05, 0.1) is 13.4 Å². The Kier molecular flexibility index (Phi) is 8.51. The van der Waals surface area contributed by atoms with Crippen molar-refractivity contribution in [1.29, 1.82) is 0 Å². The summed E-state index contributed by atoms with van der Waals surface area (Å²) in [7, 11) is -2.31. The van der Waals surface area contributed by atoms with Crippen molar-refractivity contribution < 1.29 is 27.1 Å². The Morgan fingerprint density at radius 1 is 1.16 bits per heavy atom. The van der Waals surface area contributed by atoms with Gasteiger partial charge in [0.2, 0.25) is 10.0 Å². The predicted octanol–water partition coefficient (Wildman–Crippen LogP) is 3.19. The molecule has 3 rings (SSSR count). The fourth-order valence-corrected chi connectivity index (χ4v) is 5.18. The second kappa shape index (κ2) is 11.3. The van der Waals surface area contributed by atoms with Crippen LogP contribution in [0.25, 0.3) is 0 Å². The van der Waals surface area contributed by atoms with Crippen LogP contribution in [0, 0.1) is 0 Å². The van der Waals surface area contributed by atoms with Crippen molar-refractivity contribution in [3.8, 4) is 5.75 Å². The summed E-state index contributed by atoms with van der Waals surface area (Å²) in [5.74, 6) is 0.661. The number of carbonyl (C=O) groups excluding carboxylic acids is 1. The SMILES string of the molecule is COc1ccc(C(=O)NCCCOCc2ccco2)cc1S(=O)(=O)N1CCCCCC1. The zero-order chi connectivity index (χ0) is 22.1. The number of furan rings is 1. The van der Waals surface area contributed by atoms with Gasteiger partial charge in [-0.2, -0.15) is 4.31 Å². The van der Waals surface area contributed by atoms with E-state index in [1.54, 1.807) is 18.4 Å². The van der Waals surface area contributed by atoms with Gasteiger partial charge in [-0.25, -0.2) is 8.42 Å². The molecule has 0 aliphatic carbocycles. The average Bonchev–Trinajstić information content (AvgIpc) is 3.14. The van der Waals surface area contributed by atoms with E-state index in [0.717, 1.165) is 31.4 Å². The summed E-state index contributed by atoms with van der Waals surface area (Å²) in [5.41, 5.74) is 0.283.